The van der Waals surface area contributed by atoms with Crippen LogP contribution in [0.15, 0.2) is 24.3 Å². The Hall–Kier alpha value is -1.31. The highest BCUT2D eigenvalue weighted by atomic mass is 16.4. The highest BCUT2D eigenvalue weighted by Gasteiger charge is 2.30. The first kappa shape index (κ1) is 15.1. The van der Waals surface area contributed by atoms with Crippen LogP contribution in [-0.2, 0) is 11.2 Å². The Morgan fingerprint density at radius 2 is 2.00 bits per heavy atom. The van der Waals surface area contributed by atoms with E-state index in [1.165, 1.54) is 17.5 Å². The molecule has 0 aromatic heterocycles. The molecule has 1 aliphatic carbocycles. The fourth-order valence-corrected chi connectivity index (χ4v) is 3.42. The van der Waals surface area contributed by atoms with E-state index in [4.69, 9.17) is 0 Å². The van der Waals surface area contributed by atoms with E-state index in [1.807, 2.05) is 0 Å². The molecule has 2 rings (SSSR count). The molecule has 110 valence electrons. The van der Waals surface area contributed by atoms with E-state index in [1.54, 1.807) is 0 Å². The Balaban J connectivity index is 2.24. The second-order valence-corrected chi connectivity index (χ2v) is 6.53. The predicted molar refractivity (Wildman–Crippen MR) is 81.9 cm³/mol. The van der Waals surface area contributed by atoms with Gasteiger partial charge in [-0.2, -0.15) is 0 Å². The monoisotopic (exact) mass is 274 g/mol. The quantitative estimate of drug-likeness (QED) is 0.812. The Labute approximate surface area is 122 Å². The maximum Gasteiger partial charge on any atom is 0.307 e. The average molecular weight is 274 g/mol. The number of hydrogen-bond donors (Lipinski definition) is 1. The van der Waals surface area contributed by atoms with E-state index in [2.05, 4.69) is 38.1 Å². The normalized spacial score (nSPS) is 23.6. The first-order chi connectivity index (χ1) is 9.58. The van der Waals surface area contributed by atoms with Gasteiger partial charge in [0.25, 0.3) is 0 Å². The average Bonchev–Trinajstić information content (AvgIpc) is 2.63. The van der Waals surface area contributed by atoms with Crippen LogP contribution in [0.4, 0.5) is 0 Å². The first-order valence-electron chi connectivity index (χ1n) is 7.89. The van der Waals surface area contributed by atoms with Crippen molar-refractivity contribution in [3.63, 3.8) is 0 Å². The third-order valence-corrected chi connectivity index (χ3v) is 4.36. The van der Waals surface area contributed by atoms with E-state index in [-0.39, 0.29) is 11.8 Å². The third-order valence-electron chi connectivity index (χ3n) is 4.36. The molecule has 2 nitrogen and oxygen atoms in total. The highest BCUT2D eigenvalue weighted by molar-refractivity contribution is 5.71. The SMILES string of the molecule is CC(C)Cc1cccc(C2CCCCCC2C(=O)O)c1. The molecule has 1 aliphatic rings. The van der Waals surface area contributed by atoms with Gasteiger partial charge in [0.05, 0.1) is 5.92 Å². The van der Waals surface area contributed by atoms with Crippen LogP contribution in [0.25, 0.3) is 0 Å². The van der Waals surface area contributed by atoms with Gasteiger partial charge >= 0.3 is 5.97 Å². The summed E-state index contributed by atoms with van der Waals surface area (Å²) in [6.45, 7) is 4.44. The Morgan fingerprint density at radius 1 is 1.25 bits per heavy atom. The summed E-state index contributed by atoms with van der Waals surface area (Å²) in [6, 6.07) is 8.62. The van der Waals surface area contributed by atoms with Gasteiger partial charge in [-0.15, -0.1) is 0 Å². The summed E-state index contributed by atoms with van der Waals surface area (Å²) in [7, 11) is 0. The maximum atomic E-state index is 11.6. The van der Waals surface area contributed by atoms with Crippen LogP contribution in [0, 0.1) is 11.8 Å². The molecule has 1 aromatic rings. The van der Waals surface area contributed by atoms with Gasteiger partial charge in [0.2, 0.25) is 0 Å². The van der Waals surface area contributed by atoms with Crippen LogP contribution in [0.5, 0.6) is 0 Å². The van der Waals surface area contributed by atoms with Crippen molar-refractivity contribution in [2.24, 2.45) is 11.8 Å². The molecular weight excluding hydrogens is 248 g/mol. The number of aliphatic carboxylic acids is 1. The molecule has 0 bridgehead atoms. The van der Waals surface area contributed by atoms with Crippen molar-refractivity contribution in [1.29, 1.82) is 0 Å². The van der Waals surface area contributed by atoms with Crippen LogP contribution in [-0.4, -0.2) is 11.1 Å². The topological polar surface area (TPSA) is 37.3 Å². The number of rotatable bonds is 4. The summed E-state index contributed by atoms with van der Waals surface area (Å²) in [4.78, 5) is 11.6. The minimum absolute atomic E-state index is 0.196. The predicted octanol–water partition coefficient (Wildman–Crippen LogP) is 4.63. The highest BCUT2D eigenvalue weighted by Crippen LogP contribution is 2.37. The van der Waals surface area contributed by atoms with Crippen molar-refractivity contribution >= 4 is 5.97 Å². The van der Waals surface area contributed by atoms with E-state index < -0.39 is 5.97 Å². The van der Waals surface area contributed by atoms with Crippen LogP contribution in [0.3, 0.4) is 0 Å². The fourth-order valence-electron chi connectivity index (χ4n) is 3.42. The van der Waals surface area contributed by atoms with Gasteiger partial charge in [-0.3, -0.25) is 4.79 Å². The van der Waals surface area contributed by atoms with Gasteiger partial charge in [0, 0.05) is 0 Å². The van der Waals surface area contributed by atoms with E-state index >= 15 is 0 Å². The molecule has 0 amide bonds. The molecule has 2 atom stereocenters. The Morgan fingerprint density at radius 3 is 2.70 bits per heavy atom. The van der Waals surface area contributed by atoms with E-state index in [9.17, 15) is 9.90 Å². The lowest BCUT2D eigenvalue weighted by molar-refractivity contribution is -0.142. The van der Waals surface area contributed by atoms with Crippen molar-refractivity contribution in [1.82, 2.24) is 0 Å². The van der Waals surface area contributed by atoms with Gasteiger partial charge in [0.1, 0.15) is 0 Å². The Bertz CT molecular complexity index is 450. The summed E-state index contributed by atoms with van der Waals surface area (Å²) in [5, 5.41) is 9.51. The number of carboxylic acids is 1. The van der Waals surface area contributed by atoms with Gasteiger partial charge < -0.3 is 5.11 Å². The lowest BCUT2D eigenvalue weighted by Gasteiger charge is -2.22. The van der Waals surface area contributed by atoms with Crippen molar-refractivity contribution < 1.29 is 9.90 Å². The molecule has 0 saturated heterocycles. The molecule has 0 spiro atoms. The zero-order valence-electron chi connectivity index (χ0n) is 12.6. The van der Waals surface area contributed by atoms with Crippen molar-refractivity contribution in [3.8, 4) is 0 Å². The first-order valence-corrected chi connectivity index (χ1v) is 7.89. The van der Waals surface area contributed by atoms with Gasteiger partial charge in [-0.25, -0.2) is 0 Å². The van der Waals surface area contributed by atoms with Gasteiger partial charge in [-0.1, -0.05) is 57.4 Å². The summed E-state index contributed by atoms with van der Waals surface area (Å²) in [5.74, 6) is 0.00901. The molecule has 2 heteroatoms. The van der Waals surface area contributed by atoms with E-state index in [0.29, 0.717) is 5.92 Å². The smallest absolute Gasteiger partial charge is 0.307 e. The zero-order valence-corrected chi connectivity index (χ0v) is 12.6. The molecule has 2 unspecified atom stereocenters. The standard InChI is InChI=1S/C18H26O2/c1-13(2)11-14-7-6-8-15(12-14)16-9-4-3-5-10-17(16)18(19)20/h6-8,12-13,16-17H,3-5,9-11H2,1-2H3,(H,19,20). The molecule has 1 fully saturated rings. The minimum Gasteiger partial charge on any atom is -0.481 e. The number of benzene rings is 1. The molecule has 20 heavy (non-hydrogen) atoms. The minimum atomic E-state index is -0.619. The summed E-state index contributed by atoms with van der Waals surface area (Å²) in [6.07, 6.45) is 6.29. The maximum absolute atomic E-state index is 11.6. The summed E-state index contributed by atoms with van der Waals surface area (Å²) < 4.78 is 0. The van der Waals surface area contributed by atoms with Crippen LogP contribution < -0.4 is 0 Å². The number of carboxylic acid groups (broad SMARTS) is 1. The molecule has 0 aliphatic heterocycles. The molecule has 0 heterocycles. The lowest BCUT2D eigenvalue weighted by atomic mass is 9.81. The van der Waals surface area contributed by atoms with Crippen molar-refractivity contribution in [2.45, 2.75) is 58.3 Å². The fraction of sp³-hybridized carbons (Fsp3) is 0.611. The van der Waals surface area contributed by atoms with E-state index in [0.717, 1.165) is 32.1 Å². The number of carbonyl (C=O) groups is 1. The zero-order chi connectivity index (χ0) is 14.5. The molecule has 1 saturated carbocycles. The van der Waals surface area contributed by atoms with Crippen LogP contribution in [0.1, 0.15) is 63.0 Å². The van der Waals surface area contributed by atoms with Gasteiger partial charge in [0.15, 0.2) is 0 Å². The molecule has 1 N–H and O–H groups in total. The van der Waals surface area contributed by atoms with Crippen molar-refractivity contribution in [2.75, 3.05) is 0 Å². The van der Waals surface area contributed by atoms with Crippen molar-refractivity contribution in [3.05, 3.63) is 35.4 Å². The second kappa shape index (κ2) is 6.92. The summed E-state index contributed by atoms with van der Waals surface area (Å²) >= 11 is 0. The molecular formula is C18H26O2. The second-order valence-electron chi connectivity index (χ2n) is 6.53. The molecule has 0 radical (unpaired) electrons. The largest absolute Gasteiger partial charge is 0.481 e. The van der Waals surface area contributed by atoms with Crippen LogP contribution >= 0.6 is 0 Å². The lowest BCUT2D eigenvalue weighted by Crippen LogP contribution is -2.21. The van der Waals surface area contributed by atoms with Gasteiger partial charge in [-0.05, 0) is 42.2 Å². The number of hydrogen-bond acceptors (Lipinski definition) is 1. The Kier molecular flexibility index (Phi) is 5.22. The molecule has 1 aromatic carbocycles. The van der Waals surface area contributed by atoms with Crippen LogP contribution in [0.2, 0.25) is 0 Å². The third kappa shape index (κ3) is 3.84. The summed E-state index contributed by atoms with van der Waals surface area (Å²) in [5.41, 5.74) is 2.57.